The fourth-order valence-corrected chi connectivity index (χ4v) is 4.96. The summed E-state index contributed by atoms with van der Waals surface area (Å²) in [6.07, 6.45) is 16.4. The molecule has 3 atom stereocenters. The van der Waals surface area contributed by atoms with E-state index in [9.17, 15) is 4.39 Å². The second-order valence-electron chi connectivity index (χ2n) is 8.01. The van der Waals surface area contributed by atoms with Crippen molar-refractivity contribution in [1.82, 2.24) is 0 Å². The quantitative estimate of drug-likeness (QED) is 0.478. The molecule has 2 aliphatic carbocycles. The third-order valence-electron chi connectivity index (χ3n) is 6.45. The highest BCUT2D eigenvalue weighted by Gasteiger charge is 2.30. The van der Waals surface area contributed by atoms with Crippen molar-refractivity contribution in [2.45, 2.75) is 103 Å². The number of hydrogen-bond donors (Lipinski definition) is 0. The van der Waals surface area contributed by atoms with Gasteiger partial charge in [-0.3, -0.25) is 0 Å². The van der Waals surface area contributed by atoms with E-state index in [1.54, 1.807) is 0 Å². The fraction of sp³-hybridized carbons (Fsp3) is 1.00. The van der Waals surface area contributed by atoms with Crippen molar-refractivity contribution >= 4 is 0 Å². The number of rotatable bonds is 7. The Morgan fingerprint density at radius 2 is 1.33 bits per heavy atom. The molecule has 0 aromatic rings. The maximum atomic E-state index is 14.0. The van der Waals surface area contributed by atoms with Gasteiger partial charge in [0.1, 0.15) is 6.17 Å². The molecule has 0 heterocycles. The van der Waals surface area contributed by atoms with Crippen molar-refractivity contribution in [2.24, 2.45) is 23.7 Å². The van der Waals surface area contributed by atoms with E-state index in [2.05, 4.69) is 6.92 Å². The van der Waals surface area contributed by atoms with Crippen LogP contribution in [-0.4, -0.2) is 6.17 Å². The lowest BCUT2D eigenvalue weighted by Crippen LogP contribution is -2.26. The van der Waals surface area contributed by atoms with Crippen molar-refractivity contribution in [3.05, 3.63) is 0 Å². The highest BCUT2D eigenvalue weighted by molar-refractivity contribution is 4.81. The van der Waals surface area contributed by atoms with E-state index in [4.69, 9.17) is 0 Å². The van der Waals surface area contributed by atoms with Crippen LogP contribution in [0.25, 0.3) is 0 Å². The van der Waals surface area contributed by atoms with Gasteiger partial charge in [-0.2, -0.15) is 0 Å². The predicted molar refractivity (Wildman–Crippen MR) is 90.2 cm³/mol. The molecular weight excluding hydrogens is 259 g/mol. The van der Waals surface area contributed by atoms with Crippen LogP contribution in [0.2, 0.25) is 0 Å². The van der Waals surface area contributed by atoms with E-state index in [1.807, 2.05) is 6.92 Å². The summed E-state index contributed by atoms with van der Waals surface area (Å²) in [6.45, 7) is 4.47. The number of halogens is 1. The molecule has 0 radical (unpaired) electrons. The molecule has 2 fully saturated rings. The van der Waals surface area contributed by atoms with Crippen molar-refractivity contribution in [2.75, 3.05) is 0 Å². The average molecular weight is 297 g/mol. The molecule has 0 saturated heterocycles. The van der Waals surface area contributed by atoms with Crippen LogP contribution in [0.4, 0.5) is 4.39 Å². The van der Waals surface area contributed by atoms with Gasteiger partial charge in [-0.15, -0.1) is 0 Å². The zero-order valence-corrected chi connectivity index (χ0v) is 14.5. The van der Waals surface area contributed by atoms with Gasteiger partial charge in [0.2, 0.25) is 0 Å². The Hall–Kier alpha value is -0.0700. The first-order chi connectivity index (χ1) is 10.2. The maximum Gasteiger partial charge on any atom is 0.100 e. The van der Waals surface area contributed by atoms with Gasteiger partial charge in [0.05, 0.1) is 0 Å². The zero-order chi connectivity index (χ0) is 15.1. The van der Waals surface area contributed by atoms with Gasteiger partial charge < -0.3 is 0 Å². The largest absolute Gasteiger partial charge is 0.247 e. The van der Waals surface area contributed by atoms with E-state index < -0.39 is 6.17 Å². The van der Waals surface area contributed by atoms with Crippen LogP contribution in [0, 0.1) is 23.7 Å². The highest BCUT2D eigenvalue weighted by atomic mass is 19.1. The number of alkyl halides is 1. The first-order valence-electron chi connectivity index (χ1n) is 9.84. The molecule has 1 heteroatoms. The molecule has 0 N–H and O–H groups in total. The summed E-state index contributed by atoms with van der Waals surface area (Å²) < 4.78 is 14.0. The van der Waals surface area contributed by atoms with Crippen LogP contribution in [0.3, 0.4) is 0 Å². The molecule has 3 unspecified atom stereocenters. The SMILES string of the molecule is CCC(F)CC(CC(C)C1CCCCC1)C1CCCCC1. The molecule has 2 rings (SSSR count). The third-order valence-corrected chi connectivity index (χ3v) is 6.45. The van der Waals surface area contributed by atoms with Gasteiger partial charge in [-0.25, -0.2) is 4.39 Å². The minimum absolute atomic E-state index is 0.560. The molecular formula is C20H37F. The molecule has 0 aromatic carbocycles. The van der Waals surface area contributed by atoms with Gasteiger partial charge in [0.25, 0.3) is 0 Å². The lowest BCUT2D eigenvalue weighted by Gasteiger charge is -2.36. The Kier molecular flexibility index (Phi) is 7.54. The van der Waals surface area contributed by atoms with Gasteiger partial charge >= 0.3 is 0 Å². The molecule has 0 amide bonds. The molecule has 21 heavy (non-hydrogen) atoms. The van der Waals surface area contributed by atoms with E-state index >= 15 is 0 Å². The molecule has 0 nitrogen and oxygen atoms in total. The van der Waals surface area contributed by atoms with E-state index in [-0.39, 0.29) is 0 Å². The topological polar surface area (TPSA) is 0 Å². The summed E-state index contributed by atoms with van der Waals surface area (Å²) in [5.41, 5.74) is 0. The average Bonchev–Trinajstić information content (AvgIpc) is 2.55. The van der Waals surface area contributed by atoms with E-state index in [1.165, 1.54) is 70.6 Å². The van der Waals surface area contributed by atoms with Crippen molar-refractivity contribution in [3.63, 3.8) is 0 Å². The standard InChI is InChI=1S/C20H37F/c1-3-20(21)15-19(18-12-8-5-9-13-18)14-16(2)17-10-6-4-7-11-17/h16-20H,3-15H2,1-2H3. The normalized spacial score (nSPS) is 26.4. The summed E-state index contributed by atoms with van der Waals surface area (Å²) in [4.78, 5) is 0. The summed E-state index contributed by atoms with van der Waals surface area (Å²) in [5, 5.41) is 0. The molecule has 124 valence electrons. The molecule has 0 aliphatic heterocycles. The van der Waals surface area contributed by atoms with Gasteiger partial charge in [-0.1, -0.05) is 78.1 Å². The van der Waals surface area contributed by atoms with Crippen LogP contribution in [0.5, 0.6) is 0 Å². The van der Waals surface area contributed by atoms with Crippen LogP contribution in [-0.2, 0) is 0 Å². The Labute approximate surface area is 132 Å². The summed E-state index contributed by atoms with van der Waals surface area (Å²) in [5.74, 6) is 3.25. The summed E-state index contributed by atoms with van der Waals surface area (Å²) in [7, 11) is 0. The first kappa shape index (κ1) is 17.3. The van der Waals surface area contributed by atoms with Gasteiger partial charge in [0.15, 0.2) is 0 Å². The lowest BCUT2D eigenvalue weighted by atomic mass is 9.70. The molecule has 0 bridgehead atoms. The molecule has 0 spiro atoms. The fourth-order valence-electron chi connectivity index (χ4n) is 4.96. The molecule has 2 aliphatic rings. The van der Waals surface area contributed by atoms with E-state index in [0.717, 1.165) is 24.2 Å². The first-order valence-corrected chi connectivity index (χ1v) is 9.84. The third kappa shape index (κ3) is 5.57. The van der Waals surface area contributed by atoms with E-state index in [0.29, 0.717) is 12.3 Å². The molecule has 0 aromatic heterocycles. The van der Waals surface area contributed by atoms with Crippen LogP contribution < -0.4 is 0 Å². The van der Waals surface area contributed by atoms with Crippen molar-refractivity contribution in [3.8, 4) is 0 Å². The minimum atomic E-state index is -0.560. The zero-order valence-electron chi connectivity index (χ0n) is 14.5. The van der Waals surface area contributed by atoms with Crippen LogP contribution in [0.1, 0.15) is 97.3 Å². The summed E-state index contributed by atoms with van der Waals surface area (Å²) >= 11 is 0. The smallest absolute Gasteiger partial charge is 0.100 e. The van der Waals surface area contributed by atoms with Crippen molar-refractivity contribution in [1.29, 1.82) is 0 Å². The highest BCUT2D eigenvalue weighted by Crippen LogP contribution is 2.40. The predicted octanol–water partition coefficient (Wildman–Crippen LogP) is 6.93. The number of hydrogen-bond acceptors (Lipinski definition) is 0. The second-order valence-corrected chi connectivity index (χ2v) is 8.01. The van der Waals surface area contributed by atoms with Gasteiger partial charge in [-0.05, 0) is 42.9 Å². The summed E-state index contributed by atoms with van der Waals surface area (Å²) in [6, 6.07) is 0. The minimum Gasteiger partial charge on any atom is -0.247 e. The monoisotopic (exact) mass is 296 g/mol. The Balaban J connectivity index is 1.89. The van der Waals surface area contributed by atoms with Crippen LogP contribution in [0.15, 0.2) is 0 Å². The van der Waals surface area contributed by atoms with Crippen molar-refractivity contribution < 1.29 is 4.39 Å². The second kappa shape index (κ2) is 9.16. The Bertz CT molecular complexity index is 263. The lowest BCUT2D eigenvalue weighted by molar-refractivity contribution is 0.132. The Morgan fingerprint density at radius 1 is 0.810 bits per heavy atom. The molecule has 2 saturated carbocycles. The Morgan fingerprint density at radius 3 is 1.86 bits per heavy atom. The van der Waals surface area contributed by atoms with Gasteiger partial charge in [0, 0.05) is 0 Å². The van der Waals surface area contributed by atoms with Crippen LogP contribution >= 0.6 is 0 Å². The maximum absolute atomic E-state index is 14.0.